The van der Waals surface area contributed by atoms with E-state index in [1.807, 2.05) is 36.4 Å². The lowest BCUT2D eigenvalue weighted by molar-refractivity contribution is 0.663. The molecule has 5 heteroatoms. The van der Waals surface area contributed by atoms with Crippen molar-refractivity contribution in [1.82, 2.24) is 24.1 Å². The molecule has 0 bridgehead atoms. The molecule has 0 N–H and O–H groups in total. The zero-order chi connectivity index (χ0) is 35.3. The van der Waals surface area contributed by atoms with E-state index in [0.29, 0.717) is 17.6 Å². The average Bonchev–Trinajstić information content (AvgIpc) is 3.82. The van der Waals surface area contributed by atoms with E-state index in [1.165, 1.54) is 38.4 Å². The topological polar surface area (TPSA) is 48.5 Å². The monoisotopic (exact) mass is 679 g/mol. The zero-order valence-corrected chi connectivity index (χ0v) is 29.3. The Bertz CT molecular complexity index is 3010. The second kappa shape index (κ2) is 11.1. The Labute approximate surface area is 306 Å². The second-order valence-corrected chi connectivity index (χ2v) is 14.5. The molecule has 0 amide bonds. The first-order valence-corrected chi connectivity index (χ1v) is 18.1. The van der Waals surface area contributed by atoms with Crippen LogP contribution in [0, 0.1) is 0 Å². The number of aromatic nitrogens is 5. The number of benzene rings is 7. The van der Waals surface area contributed by atoms with E-state index in [1.54, 1.807) is 0 Å². The predicted molar refractivity (Wildman–Crippen MR) is 217 cm³/mol. The Morgan fingerprint density at radius 3 is 1.64 bits per heavy atom. The predicted octanol–water partition coefficient (Wildman–Crippen LogP) is 11.7. The van der Waals surface area contributed by atoms with Crippen molar-refractivity contribution in [1.29, 1.82) is 0 Å². The van der Waals surface area contributed by atoms with Crippen LogP contribution in [0.4, 0.5) is 0 Å². The quantitative estimate of drug-likeness (QED) is 0.186. The van der Waals surface area contributed by atoms with E-state index >= 15 is 0 Å². The Morgan fingerprint density at radius 2 is 0.943 bits per heavy atom. The molecule has 0 fully saturated rings. The lowest BCUT2D eigenvalue weighted by Crippen LogP contribution is -2.17. The molecule has 11 rings (SSSR count). The molecule has 0 aliphatic heterocycles. The molecule has 10 aromatic rings. The smallest absolute Gasteiger partial charge is 0.238 e. The third-order valence-corrected chi connectivity index (χ3v) is 11.1. The molecule has 0 spiro atoms. The number of para-hydroxylation sites is 2. The van der Waals surface area contributed by atoms with Gasteiger partial charge in [-0.3, -0.25) is 4.57 Å². The van der Waals surface area contributed by atoms with Crippen LogP contribution in [0.5, 0.6) is 0 Å². The Morgan fingerprint density at radius 1 is 0.415 bits per heavy atom. The SMILES string of the molecule is CC1(C)c2ccccc2-c2ccc3c4ccc5c6ccccc6n(-c6ccccc6)c5c4n(-c4nc(-c5ccccc5)nc(-c5ccccc5)n4)c3c21. The molecular weight excluding hydrogens is 647 g/mol. The molecule has 0 saturated carbocycles. The van der Waals surface area contributed by atoms with Crippen LogP contribution in [0.2, 0.25) is 0 Å². The van der Waals surface area contributed by atoms with Gasteiger partial charge >= 0.3 is 0 Å². The molecule has 53 heavy (non-hydrogen) atoms. The van der Waals surface area contributed by atoms with E-state index in [2.05, 4.69) is 150 Å². The first-order chi connectivity index (χ1) is 26.1. The minimum Gasteiger partial charge on any atom is -0.307 e. The van der Waals surface area contributed by atoms with Gasteiger partial charge in [-0.05, 0) is 40.5 Å². The summed E-state index contributed by atoms with van der Waals surface area (Å²) in [6.45, 7) is 4.71. The van der Waals surface area contributed by atoms with Gasteiger partial charge in [0.25, 0.3) is 0 Å². The maximum atomic E-state index is 5.39. The van der Waals surface area contributed by atoms with Crippen molar-refractivity contribution < 1.29 is 0 Å². The van der Waals surface area contributed by atoms with Crippen molar-refractivity contribution in [2.75, 3.05) is 0 Å². The first kappa shape index (κ1) is 29.8. The molecule has 1 aliphatic carbocycles. The van der Waals surface area contributed by atoms with Crippen molar-refractivity contribution in [3.63, 3.8) is 0 Å². The highest BCUT2D eigenvalue weighted by molar-refractivity contribution is 6.24. The fourth-order valence-electron chi connectivity index (χ4n) is 8.83. The number of hydrogen-bond donors (Lipinski definition) is 0. The van der Waals surface area contributed by atoms with Crippen molar-refractivity contribution in [3.8, 4) is 45.5 Å². The Balaban J connectivity index is 1.38. The summed E-state index contributed by atoms with van der Waals surface area (Å²) >= 11 is 0. The van der Waals surface area contributed by atoms with Crippen LogP contribution in [0.15, 0.2) is 164 Å². The van der Waals surface area contributed by atoms with E-state index in [4.69, 9.17) is 15.0 Å². The van der Waals surface area contributed by atoms with E-state index < -0.39 is 0 Å². The largest absolute Gasteiger partial charge is 0.307 e. The molecular formula is C48H33N5. The standard InChI is InChI=1S/C48H33N5/c1-48(2)39-24-14-12-22-33(39)35-26-27-37-38-29-28-36-34-23-13-15-25-40(34)52(32-20-10-5-11-21-32)43(36)44(38)53(42(37)41(35)48)47-50-45(30-16-6-3-7-17-30)49-46(51-47)31-18-8-4-9-19-31/h3-29H,1-2H3. The second-order valence-electron chi connectivity index (χ2n) is 14.5. The van der Waals surface area contributed by atoms with Crippen LogP contribution < -0.4 is 0 Å². The number of nitrogens with zero attached hydrogens (tertiary/aromatic N) is 5. The summed E-state index contributed by atoms with van der Waals surface area (Å²) in [6.07, 6.45) is 0. The normalized spacial score (nSPS) is 13.2. The van der Waals surface area contributed by atoms with Gasteiger partial charge < -0.3 is 4.57 Å². The fourth-order valence-corrected chi connectivity index (χ4v) is 8.83. The summed E-state index contributed by atoms with van der Waals surface area (Å²) in [5.74, 6) is 1.86. The van der Waals surface area contributed by atoms with E-state index in [9.17, 15) is 0 Å². The lowest BCUT2D eigenvalue weighted by Gasteiger charge is -2.23. The minimum atomic E-state index is -0.277. The Hall–Kier alpha value is -6.85. The van der Waals surface area contributed by atoms with Crippen LogP contribution in [0.3, 0.4) is 0 Å². The number of rotatable bonds is 4. The summed E-state index contributed by atoms with van der Waals surface area (Å²) in [6, 6.07) is 58.0. The van der Waals surface area contributed by atoms with Gasteiger partial charge in [-0.1, -0.05) is 159 Å². The molecule has 0 saturated heterocycles. The first-order valence-electron chi connectivity index (χ1n) is 18.1. The molecule has 1 aliphatic rings. The third-order valence-electron chi connectivity index (χ3n) is 11.1. The molecule has 5 nitrogen and oxygen atoms in total. The van der Waals surface area contributed by atoms with Crippen molar-refractivity contribution >= 4 is 43.6 Å². The highest BCUT2D eigenvalue weighted by Gasteiger charge is 2.39. The van der Waals surface area contributed by atoms with Crippen molar-refractivity contribution in [2.45, 2.75) is 19.3 Å². The Kier molecular flexibility index (Phi) is 6.23. The maximum absolute atomic E-state index is 5.39. The molecule has 7 aromatic carbocycles. The van der Waals surface area contributed by atoms with Crippen LogP contribution in [-0.2, 0) is 5.41 Å². The van der Waals surface area contributed by atoms with E-state index in [0.717, 1.165) is 44.3 Å². The van der Waals surface area contributed by atoms with Crippen LogP contribution in [0.25, 0.3) is 89.2 Å². The van der Waals surface area contributed by atoms with Crippen LogP contribution in [-0.4, -0.2) is 24.1 Å². The zero-order valence-electron chi connectivity index (χ0n) is 29.3. The third kappa shape index (κ3) is 4.22. The summed E-state index contributed by atoms with van der Waals surface area (Å²) in [5, 5.41) is 4.72. The van der Waals surface area contributed by atoms with Gasteiger partial charge in [0, 0.05) is 43.8 Å². The van der Waals surface area contributed by atoms with Gasteiger partial charge in [-0.15, -0.1) is 0 Å². The highest BCUT2D eigenvalue weighted by atomic mass is 15.2. The van der Waals surface area contributed by atoms with Gasteiger partial charge in [-0.2, -0.15) is 9.97 Å². The summed E-state index contributed by atoms with van der Waals surface area (Å²) in [5.41, 5.74) is 12.3. The average molecular weight is 680 g/mol. The molecule has 0 atom stereocenters. The molecule has 3 aromatic heterocycles. The summed E-state index contributed by atoms with van der Waals surface area (Å²) < 4.78 is 4.78. The highest BCUT2D eigenvalue weighted by Crippen LogP contribution is 2.53. The van der Waals surface area contributed by atoms with Gasteiger partial charge in [0.15, 0.2) is 11.6 Å². The number of fused-ring (bicyclic) bond motifs is 11. The number of hydrogen-bond acceptors (Lipinski definition) is 3. The molecule has 0 unspecified atom stereocenters. The van der Waals surface area contributed by atoms with Crippen LogP contribution in [0.1, 0.15) is 25.0 Å². The van der Waals surface area contributed by atoms with Gasteiger partial charge in [-0.25, -0.2) is 4.98 Å². The van der Waals surface area contributed by atoms with Crippen LogP contribution >= 0.6 is 0 Å². The van der Waals surface area contributed by atoms with E-state index in [-0.39, 0.29) is 5.41 Å². The molecule has 3 heterocycles. The van der Waals surface area contributed by atoms with Gasteiger partial charge in [0.05, 0.1) is 22.1 Å². The molecule has 250 valence electrons. The van der Waals surface area contributed by atoms with Crippen molar-refractivity contribution in [2.24, 2.45) is 0 Å². The van der Waals surface area contributed by atoms with Crippen molar-refractivity contribution in [3.05, 3.63) is 175 Å². The minimum absolute atomic E-state index is 0.277. The van der Waals surface area contributed by atoms with Gasteiger partial charge in [0.2, 0.25) is 5.95 Å². The summed E-state index contributed by atoms with van der Waals surface area (Å²) in [7, 11) is 0. The van der Waals surface area contributed by atoms with Gasteiger partial charge in [0.1, 0.15) is 0 Å². The maximum Gasteiger partial charge on any atom is 0.238 e. The lowest BCUT2D eigenvalue weighted by atomic mass is 9.81. The fraction of sp³-hybridized carbons (Fsp3) is 0.0625. The summed E-state index contributed by atoms with van der Waals surface area (Å²) in [4.78, 5) is 15.9. The molecule has 0 radical (unpaired) electrons.